The molecule has 1 atom stereocenters. The van der Waals surface area contributed by atoms with Crippen molar-refractivity contribution in [3.63, 3.8) is 0 Å². The molecule has 4 nitrogen and oxygen atoms in total. The summed E-state index contributed by atoms with van der Waals surface area (Å²) in [7, 11) is -1.26. The summed E-state index contributed by atoms with van der Waals surface area (Å²) in [6.07, 6.45) is 0. The number of ether oxygens (including phenoxy) is 1. The Bertz CT molecular complexity index is 932. The van der Waals surface area contributed by atoms with Gasteiger partial charge in [-0.15, -0.1) is 0 Å². The lowest BCUT2D eigenvalue weighted by Gasteiger charge is -2.16. The van der Waals surface area contributed by atoms with Gasteiger partial charge in [0.1, 0.15) is 11.6 Å². The fourth-order valence-electron chi connectivity index (χ4n) is 2.54. The lowest BCUT2D eigenvalue weighted by molar-refractivity contribution is 0.463. The molecule has 1 aromatic heterocycles. The summed E-state index contributed by atoms with van der Waals surface area (Å²) in [6, 6.07) is 20.3. The second kappa shape index (κ2) is 6.26. The molecule has 1 unspecified atom stereocenters. The predicted octanol–water partition coefficient (Wildman–Crippen LogP) is 4.57. The van der Waals surface area contributed by atoms with Crippen LogP contribution in [0.4, 0.5) is 5.82 Å². The van der Waals surface area contributed by atoms with Crippen LogP contribution in [0.25, 0.3) is 0 Å². The molecule has 24 heavy (non-hydrogen) atoms. The van der Waals surface area contributed by atoms with Crippen molar-refractivity contribution in [1.82, 2.24) is 4.98 Å². The highest BCUT2D eigenvalue weighted by Gasteiger charge is 2.27. The third-order valence-electron chi connectivity index (χ3n) is 3.69. The second-order valence-electron chi connectivity index (χ2n) is 5.26. The Morgan fingerprint density at radius 3 is 2.62 bits per heavy atom. The standard InChI is InChI=1S/C18H13ClN2O2S/c19-14-7-2-3-8-15(14)23-18-11-5-10-17(20-18)21-12-13-6-1-4-9-16(13)24(21)22/h1-11H,12H2. The Morgan fingerprint density at radius 1 is 1.00 bits per heavy atom. The minimum Gasteiger partial charge on any atom is -0.437 e. The molecule has 1 aliphatic heterocycles. The maximum absolute atomic E-state index is 12.7. The maximum Gasteiger partial charge on any atom is 0.221 e. The van der Waals surface area contributed by atoms with E-state index in [0.29, 0.717) is 29.0 Å². The van der Waals surface area contributed by atoms with E-state index in [9.17, 15) is 4.21 Å². The van der Waals surface area contributed by atoms with Crippen LogP contribution in [0.1, 0.15) is 5.56 Å². The third-order valence-corrected chi connectivity index (χ3v) is 5.49. The van der Waals surface area contributed by atoms with E-state index in [1.54, 1.807) is 22.5 Å². The van der Waals surface area contributed by atoms with Crippen LogP contribution < -0.4 is 9.04 Å². The van der Waals surface area contributed by atoms with Gasteiger partial charge in [-0.25, -0.2) is 4.21 Å². The van der Waals surface area contributed by atoms with Crippen LogP contribution in [0.3, 0.4) is 0 Å². The lowest BCUT2D eigenvalue weighted by atomic mass is 10.2. The van der Waals surface area contributed by atoms with Crippen LogP contribution in [0.5, 0.6) is 11.6 Å². The van der Waals surface area contributed by atoms with E-state index in [2.05, 4.69) is 4.98 Å². The highest BCUT2D eigenvalue weighted by Crippen LogP contribution is 2.33. The fourth-order valence-corrected chi connectivity index (χ4v) is 4.03. The van der Waals surface area contributed by atoms with Gasteiger partial charge in [0, 0.05) is 6.07 Å². The first-order chi connectivity index (χ1) is 11.7. The molecular formula is C18H13ClN2O2S. The molecular weight excluding hydrogens is 344 g/mol. The van der Waals surface area contributed by atoms with E-state index in [-0.39, 0.29) is 0 Å². The van der Waals surface area contributed by atoms with Crippen LogP contribution in [-0.4, -0.2) is 9.19 Å². The Hall–Kier alpha value is -2.37. The van der Waals surface area contributed by atoms with Gasteiger partial charge in [0.25, 0.3) is 0 Å². The normalized spacial score (nSPS) is 16.0. The second-order valence-corrected chi connectivity index (χ2v) is 7.05. The Labute approximate surface area is 147 Å². The van der Waals surface area contributed by atoms with Crippen molar-refractivity contribution in [2.75, 3.05) is 4.31 Å². The van der Waals surface area contributed by atoms with Gasteiger partial charge >= 0.3 is 0 Å². The molecule has 0 radical (unpaired) electrons. The first kappa shape index (κ1) is 15.2. The molecule has 2 heterocycles. The third kappa shape index (κ3) is 2.77. The van der Waals surface area contributed by atoms with E-state index in [4.69, 9.17) is 16.3 Å². The number of anilines is 1. The van der Waals surface area contributed by atoms with Gasteiger partial charge in [0.15, 0.2) is 11.0 Å². The highest BCUT2D eigenvalue weighted by molar-refractivity contribution is 7.86. The number of nitrogens with zero attached hydrogens (tertiary/aromatic N) is 2. The highest BCUT2D eigenvalue weighted by atomic mass is 35.5. The summed E-state index contributed by atoms with van der Waals surface area (Å²) in [5, 5.41) is 0.516. The largest absolute Gasteiger partial charge is 0.437 e. The molecule has 0 aliphatic carbocycles. The summed E-state index contributed by atoms with van der Waals surface area (Å²) in [5.41, 5.74) is 1.05. The molecule has 0 saturated heterocycles. The molecule has 0 bridgehead atoms. The summed E-state index contributed by atoms with van der Waals surface area (Å²) in [6.45, 7) is 0.561. The van der Waals surface area contributed by atoms with E-state index < -0.39 is 11.0 Å². The lowest BCUT2D eigenvalue weighted by Crippen LogP contribution is -2.19. The number of para-hydroxylation sites is 1. The minimum absolute atomic E-state index is 0.411. The molecule has 2 aromatic carbocycles. The molecule has 6 heteroatoms. The number of hydrogen-bond donors (Lipinski definition) is 0. The average Bonchev–Trinajstić information content (AvgIpc) is 2.95. The first-order valence-corrected chi connectivity index (χ1v) is 8.87. The average molecular weight is 357 g/mol. The van der Waals surface area contributed by atoms with Gasteiger partial charge < -0.3 is 4.74 Å². The number of pyridine rings is 1. The van der Waals surface area contributed by atoms with Crippen molar-refractivity contribution in [2.24, 2.45) is 0 Å². The quantitative estimate of drug-likeness (QED) is 0.690. The van der Waals surface area contributed by atoms with Gasteiger partial charge in [-0.3, -0.25) is 4.31 Å². The van der Waals surface area contributed by atoms with E-state index in [1.807, 2.05) is 48.5 Å². The number of benzene rings is 2. The van der Waals surface area contributed by atoms with E-state index in [0.717, 1.165) is 10.5 Å². The van der Waals surface area contributed by atoms with Crippen molar-refractivity contribution >= 4 is 28.4 Å². The summed E-state index contributed by atoms with van der Waals surface area (Å²) >= 11 is 6.11. The van der Waals surface area contributed by atoms with Gasteiger partial charge in [-0.05, 0) is 29.8 Å². The molecule has 0 fully saturated rings. The van der Waals surface area contributed by atoms with E-state index >= 15 is 0 Å². The molecule has 0 amide bonds. The van der Waals surface area contributed by atoms with Crippen LogP contribution in [-0.2, 0) is 17.5 Å². The van der Waals surface area contributed by atoms with Crippen LogP contribution in [0, 0.1) is 0 Å². The first-order valence-electron chi connectivity index (χ1n) is 7.39. The number of rotatable bonds is 3. The monoisotopic (exact) mass is 356 g/mol. The summed E-state index contributed by atoms with van der Waals surface area (Å²) < 4.78 is 20.2. The summed E-state index contributed by atoms with van der Waals surface area (Å²) in [5.74, 6) is 1.55. The van der Waals surface area contributed by atoms with Crippen molar-refractivity contribution in [2.45, 2.75) is 11.4 Å². The number of fused-ring (bicyclic) bond motifs is 1. The van der Waals surface area contributed by atoms with Crippen molar-refractivity contribution in [1.29, 1.82) is 0 Å². The van der Waals surface area contributed by atoms with Crippen LogP contribution >= 0.6 is 11.6 Å². The molecule has 1 aliphatic rings. The van der Waals surface area contributed by atoms with Gasteiger partial charge in [-0.1, -0.05) is 48.0 Å². The molecule has 0 spiro atoms. The topological polar surface area (TPSA) is 42.4 Å². The number of halogens is 1. The van der Waals surface area contributed by atoms with Gasteiger partial charge in [0.05, 0.1) is 16.5 Å². The van der Waals surface area contributed by atoms with Crippen molar-refractivity contribution in [3.8, 4) is 11.6 Å². The zero-order valence-corrected chi connectivity index (χ0v) is 14.1. The molecule has 0 N–H and O–H groups in total. The minimum atomic E-state index is -1.26. The van der Waals surface area contributed by atoms with Crippen molar-refractivity contribution < 1.29 is 8.95 Å². The molecule has 120 valence electrons. The Morgan fingerprint density at radius 2 is 1.79 bits per heavy atom. The molecule has 4 rings (SSSR count). The van der Waals surface area contributed by atoms with Gasteiger partial charge in [-0.2, -0.15) is 4.98 Å². The zero-order valence-electron chi connectivity index (χ0n) is 12.6. The maximum atomic E-state index is 12.7. The van der Waals surface area contributed by atoms with Crippen molar-refractivity contribution in [3.05, 3.63) is 77.3 Å². The Balaban J connectivity index is 1.62. The molecule has 3 aromatic rings. The van der Waals surface area contributed by atoms with Gasteiger partial charge in [0.2, 0.25) is 5.88 Å². The summed E-state index contributed by atoms with van der Waals surface area (Å²) in [4.78, 5) is 5.31. The Kier molecular flexibility index (Phi) is 3.96. The number of aromatic nitrogens is 1. The van der Waals surface area contributed by atoms with Crippen LogP contribution in [0.15, 0.2) is 71.6 Å². The SMILES string of the molecule is O=S1c2ccccc2CN1c1cccc(Oc2ccccc2Cl)n1. The number of hydrogen-bond acceptors (Lipinski definition) is 3. The van der Waals surface area contributed by atoms with E-state index in [1.165, 1.54) is 0 Å². The van der Waals surface area contributed by atoms with Crippen LogP contribution in [0.2, 0.25) is 5.02 Å². The fraction of sp³-hybridized carbons (Fsp3) is 0.0556. The zero-order chi connectivity index (χ0) is 16.5. The smallest absolute Gasteiger partial charge is 0.221 e. The predicted molar refractivity (Wildman–Crippen MR) is 94.8 cm³/mol. The molecule has 0 saturated carbocycles.